The van der Waals surface area contributed by atoms with Crippen molar-refractivity contribution in [1.82, 2.24) is 10.2 Å². The van der Waals surface area contributed by atoms with E-state index in [1.807, 2.05) is 45.0 Å². The lowest BCUT2D eigenvalue weighted by Crippen LogP contribution is -2.51. The zero-order chi connectivity index (χ0) is 25.5. The van der Waals surface area contributed by atoms with Crippen LogP contribution in [0.2, 0.25) is 5.02 Å². The maximum atomic E-state index is 13.5. The zero-order valence-corrected chi connectivity index (χ0v) is 22.0. The fourth-order valence-corrected chi connectivity index (χ4v) is 4.38. The monoisotopic (exact) mass is 507 g/mol. The maximum absolute atomic E-state index is 13.5. The molecule has 2 amide bonds. The molecule has 0 spiro atoms. The Morgan fingerprint density at radius 2 is 1.74 bits per heavy atom. The highest BCUT2D eigenvalue weighted by Crippen LogP contribution is 2.25. The zero-order valence-electron chi connectivity index (χ0n) is 20.5. The minimum atomic E-state index is -3.79. The Hall–Kier alpha value is -2.58. The SMILES string of the molecule is CCCCNC(=O)[C@@H](C)N(Cc1ccc(C)cc1)C(=O)CN(c1ccc(C)c(Cl)c1)S(C)(=O)=O. The molecule has 2 aromatic carbocycles. The molecule has 7 nitrogen and oxygen atoms in total. The van der Waals surface area contributed by atoms with Gasteiger partial charge in [-0.2, -0.15) is 0 Å². The van der Waals surface area contributed by atoms with Crippen LogP contribution < -0.4 is 9.62 Å². The number of unbranched alkanes of at least 4 members (excludes halogenated alkanes) is 1. The first kappa shape index (κ1) is 27.7. The molecule has 0 aliphatic heterocycles. The molecular weight excluding hydrogens is 474 g/mol. The molecule has 0 saturated heterocycles. The fourth-order valence-electron chi connectivity index (χ4n) is 3.36. The summed E-state index contributed by atoms with van der Waals surface area (Å²) in [5.74, 6) is -0.765. The predicted molar refractivity (Wildman–Crippen MR) is 137 cm³/mol. The number of nitrogens with zero attached hydrogens (tertiary/aromatic N) is 2. The number of anilines is 1. The van der Waals surface area contributed by atoms with Gasteiger partial charge in [-0.05, 0) is 50.5 Å². The number of carbonyl (C=O) groups excluding carboxylic acids is 2. The van der Waals surface area contributed by atoms with E-state index in [1.54, 1.807) is 19.1 Å². The van der Waals surface area contributed by atoms with Gasteiger partial charge in [-0.15, -0.1) is 0 Å². The molecule has 0 radical (unpaired) electrons. The molecule has 2 rings (SSSR count). The van der Waals surface area contributed by atoms with Crippen LogP contribution in [0, 0.1) is 13.8 Å². The second-order valence-electron chi connectivity index (χ2n) is 8.53. The van der Waals surface area contributed by atoms with Crippen molar-refractivity contribution in [2.45, 2.75) is 53.1 Å². The maximum Gasteiger partial charge on any atom is 0.244 e. The van der Waals surface area contributed by atoms with Gasteiger partial charge in [-0.3, -0.25) is 13.9 Å². The lowest BCUT2D eigenvalue weighted by Gasteiger charge is -2.31. The molecule has 0 aliphatic rings. The summed E-state index contributed by atoms with van der Waals surface area (Å²) in [6.07, 6.45) is 2.81. The highest BCUT2D eigenvalue weighted by Gasteiger charge is 2.30. The summed E-state index contributed by atoms with van der Waals surface area (Å²) in [7, 11) is -3.79. The number of benzene rings is 2. The molecule has 0 heterocycles. The average Bonchev–Trinajstić information content (AvgIpc) is 2.77. The molecule has 9 heteroatoms. The van der Waals surface area contributed by atoms with Crippen molar-refractivity contribution in [3.63, 3.8) is 0 Å². The van der Waals surface area contributed by atoms with Crippen molar-refractivity contribution in [3.05, 3.63) is 64.2 Å². The minimum Gasteiger partial charge on any atom is -0.354 e. The first-order valence-corrected chi connectivity index (χ1v) is 13.5. The summed E-state index contributed by atoms with van der Waals surface area (Å²) in [4.78, 5) is 27.7. The molecule has 0 aliphatic carbocycles. The van der Waals surface area contributed by atoms with Crippen LogP contribution in [0.3, 0.4) is 0 Å². The number of aryl methyl sites for hydroxylation is 2. The van der Waals surface area contributed by atoms with Gasteiger partial charge in [0.1, 0.15) is 12.6 Å². The third-order valence-corrected chi connectivity index (χ3v) is 7.14. The molecule has 0 fully saturated rings. The summed E-state index contributed by atoms with van der Waals surface area (Å²) >= 11 is 6.21. The first-order valence-electron chi connectivity index (χ1n) is 11.3. The smallest absolute Gasteiger partial charge is 0.244 e. The number of amides is 2. The summed E-state index contributed by atoms with van der Waals surface area (Å²) in [5.41, 5.74) is 3.01. The van der Waals surface area contributed by atoms with E-state index in [0.717, 1.165) is 40.1 Å². The number of hydrogen-bond donors (Lipinski definition) is 1. The Morgan fingerprint density at radius 3 is 2.29 bits per heavy atom. The van der Waals surface area contributed by atoms with Crippen LogP contribution in [0.4, 0.5) is 5.69 Å². The quantitative estimate of drug-likeness (QED) is 0.465. The molecule has 186 valence electrons. The molecule has 2 aromatic rings. The molecule has 1 atom stereocenters. The largest absolute Gasteiger partial charge is 0.354 e. The van der Waals surface area contributed by atoms with E-state index >= 15 is 0 Å². The van der Waals surface area contributed by atoms with Crippen LogP contribution in [0.5, 0.6) is 0 Å². The topological polar surface area (TPSA) is 86.8 Å². The molecule has 0 bridgehead atoms. The van der Waals surface area contributed by atoms with E-state index in [1.165, 1.54) is 11.0 Å². The van der Waals surface area contributed by atoms with E-state index in [9.17, 15) is 18.0 Å². The minimum absolute atomic E-state index is 0.174. The number of nitrogens with one attached hydrogen (secondary N) is 1. The van der Waals surface area contributed by atoms with Crippen molar-refractivity contribution >= 4 is 39.1 Å². The van der Waals surface area contributed by atoms with Crippen molar-refractivity contribution in [1.29, 1.82) is 0 Å². The van der Waals surface area contributed by atoms with Crippen LogP contribution in [0.15, 0.2) is 42.5 Å². The molecule has 0 aromatic heterocycles. The van der Waals surface area contributed by atoms with E-state index in [2.05, 4.69) is 5.32 Å². The van der Waals surface area contributed by atoms with Crippen LogP contribution in [0.25, 0.3) is 0 Å². The molecule has 0 unspecified atom stereocenters. The Kier molecular flexibility index (Phi) is 9.94. The summed E-state index contributed by atoms with van der Waals surface area (Å²) in [5, 5.41) is 3.26. The van der Waals surface area contributed by atoms with Crippen molar-refractivity contribution in [3.8, 4) is 0 Å². The summed E-state index contributed by atoms with van der Waals surface area (Å²) in [6.45, 7) is 7.70. The Morgan fingerprint density at radius 1 is 1.09 bits per heavy atom. The highest BCUT2D eigenvalue weighted by atomic mass is 35.5. The second-order valence-corrected chi connectivity index (χ2v) is 10.8. The van der Waals surface area contributed by atoms with Gasteiger partial charge in [-0.1, -0.05) is 60.8 Å². The standard InChI is InChI=1S/C25H34ClN3O4S/c1-6-7-14-27-25(31)20(4)28(16-21-11-8-18(2)9-12-21)24(30)17-29(34(5,32)33)22-13-10-19(3)23(26)15-22/h8-13,15,20H,6-7,14,16-17H2,1-5H3,(H,27,31)/t20-/m1/s1. The molecule has 0 saturated carbocycles. The fraction of sp³-hybridized carbons (Fsp3) is 0.440. The van der Waals surface area contributed by atoms with Crippen molar-refractivity contribution in [2.24, 2.45) is 0 Å². The van der Waals surface area contributed by atoms with Gasteiger partial charge < -0.3 is 10.2 Å². The van der Waals surface area contributed by atoms with Gasteiger partial charge in [0.25, 0.3) is 0 Å². The number of hydrogen-bond acceptors (Lipinski definition) is 4. The second kappa shape index (κ2) is 12.2. The van der Waals surface area contributed by atoms with Gasteiger partial charge in [0, 0.05) is 18.1 Å². The summed E-state index contributed by atoms with van der Waals surface area (Å²) < 4.78 is 26.2. The lowest BCUT2D eigenvalue weighted by atomic mass is 10.1. The van der Waals surface area contributed by atoms with Gasteiger partial charge >= 0.3 is 0 Å². The van der Waals surface area contributed by atoms with E-state index in [0.29, 0.717) is 17.3 Å². The van der Waals surface area contributed by atoms with Gasteiger partial charge in [0.2, 0.25) is 21.8 Å². The van der Waals surface area contributed by atoms with E-state index < -0.39 is 28.5 Å². The Labute approximate surface area is 208 Å². The van der Waals surface area contributed by atoms with Gasteiger partial charge in [0.15, 0.2) is 0 Å². The normalized spacial score (nSPS) is 12.2. The molecular formula is C25H34ClN3O4S. The van der Waals surface area contributed by atoms with E-state index in [-0.39, 0.29) is 12.5 Å². The number of rotatable bonds is 11. The van der Waals surface area contributed by atoms with Crippen LogP contribution in [-0.2, 0) is 26.2 Å². The van der Waals surface area contributed by atoms with Crippen LogP contribution in [-0.4, -0.2) is 50.5 Å². The molecule has 1 N–H and O–H groups in total. The number of sulfonamides is 1. The lowest BCUT2D eigenvalue weighted by molar-refractivity contribution is -0.139. The van der Waals surface area contributed by atoms with Gasteiger partial charge in [0.05, 0.1) is 11.9 Å². The number of carbonyl (C=O) groups is 2. The van der Waals surface area contributed by atoms with Crippen molar-refractivity contribution < 1.29 is 18.0 Å². The highest BCUT2D eigenvalue weighted by molar-refractivity contribution is 7.92. The third kappa shape index (κ3) is 7.74. The Balaban J connectivity index is 2.35. The average molecular weight is 508 g/mol. The summed E-state index contributed by atoms with van der Waals surface area (Å²) in [6, 6.07) is 11.7. The van der Waals surface area contributed by atoms with Crippen molar-refractivity contribution in [2.75, 3.05) is 23.7 Å². The molecule has 34 heavy (non-hydrogen) atoms. The van der Waals surface area contributed by atoms with E-state index in [4.69, 9.17) is 11.6 Å². The van der Waals surface area contributed by atoms with Crippen LogP contribution in [0.1, 0.15) is 43.4 Å². The first-order chi connectivity index (χ1) is 15.9. The number of halogens is 1. The third-order valence-electron chi connectivity index (χ3n) is 5.59. The van der Waals surface area contributed by atoms with Gasteiger partial charge in [-0.25, -0.2) is 8.42 Å². The predicted octanol–water partition coefficient (Wildman–Crippen LogP) is 4.06. The Bertz CT molecular complexity index is 1100. The van der Waals surface area contributed by atoms with Crippen LogP contribution >= 0.6 is 11.6 Å².